The summed E-state index contributed by atoms with van der Waals surface area (Å²) in [6.07, 6.45) is -5.14. The number of carbonyl (C=O) groups excluding carboxylic acids is 2. The lowest BCUT2D eigenvalue weighted by atomic mass is 9.79. The highest BCUT2D eigenvalue weighted by atomic mass is 32.2. The van der Waals surface area contributed by atoms with E-state index in [9.17, 15) is 37.8 Å². The van der Waals surface area contributed by atoms with Crippen LogP contribution < -0.4 is 0 Å². The molecule has 37 heavy (non-hydrogen) atoms. The van der Waals surface area contributed by atoms with Crippen LogP contribution in [0, 0.1) is 11.8 Å². The van der Waals surface area contributed by atoms with Crippen LogP contribution in [0.1, 0.15) is 31.4 Å². The number of hydrogen-bond acceptors (Lipinski definition) is 6. The van der Waals surface area contributed by atoms with E-state index in [2.05, 4.69) is 0 Å². The van der Waals surface area contributed by atoms with Gasteiger partial charge in [0.25, 0.3) is 0 Å². The first-order valence-corrected chi connectivity index (χ1v) is 12.9. The minimum absolute atomic E-state index is 0.0615. The maximum Gasteiger partial charge on any atom is 0.416 e. The van der Waals surface area contributed by atoms with Crippen molar-refractivity contribution in [2.24, 2.45) is 11.8 Å². The summed E-state index contributed by atoms with van der Waals surface area (Å²) in [5, 5.41) is 19.7. The Balaban J connectivity index is 1.61. The van der Waals surface area contributed by atoms with Gasteiger partial charge in [0.1, 0.15) is 5.70 Å². The molecule has 0 spiro atoms. The Morgan fingerprint density at radius 1 is 1.24 bits per heavy atom. The molecular weight excluding hydrogens is 511 g/mol. The number of benzene rings is 1. The fraction of sp³-hybridized carbons (Fsp3) is 0.560. The largest absolute Gasteiger partial charge is 0.477 e. The first-order valence-electron chi connectivity index (χ1n) is 12.0. The predicted molar refractivity (Wildman–Crippen MR) is 130 cm³/mol. The first kappa shape index (κ1) is 27.5. The number of thioether (sulfide) groups is 1. The number of hydrogen-bond donors (Lipinski definition) is 2. The van der Waals surface area contributed by atoms with Crippen molar-refractivity contribution in [2.75, 3.05) is 20.6 Å². The summed E-state index contributed by atoms with van der Waals surface area (Å²) in [7, 11) is 3.17. The van der Waals surface area contributed by atoms with E-state index < -0.39 is 47.7 Å². The van der Waals surface area contributed by atoms with E-state index in [0.29, 0.717) is 11.3 Å². The van der Waals surface area contributed by atoms with Crippen LogP contribution in [0.4, 0.5) is 13.2 Å². The quantitative estimate of drug-likeness (QED) is 0.512. The van der Waals surface area contributed by atoms with E-state index >= 15 is 0 Å². The minimum atomic E-state index is -4.54. The molecule has 0 bridgehead atoms. The lowest BCUT2D eigenvalue weighted by Gasteiger charge is -2.46. The second-order valence-corrected chi connectivity index (χ2v) is 11.4. The van der Waals surface area contributed by atoms with Crippen molar-refractivity contribution in [3.63, 3.8) is 0 Å². The van der Waals surface area contributed by atoms with Crippen molar-refractivity contribution < 1.29 is 37.8 Å². The van der Waals surface area contributed by atoms with Crippen molar-refractivity contribution >= 4 is 29.5 Å². The van der Waals surface area contributed by atoms with Crippen LogP contribution in [0.15, 0.2) is 34.9 Å². The van der Waals surface area contributed by atoms with Gasteiger partial charge in [-0.1, -0.05) is 25.1 Å². The molecule has 0 aliphatic carbocycles. The average molecular weight is 542 g/mol. The SMILES string of the molecule is C[C@@H](O)[C@H]1C(=O)N2C(C(=O)O)=C(S[C@H]3C[C@@H](C(=O)N(C)C)N(Cc4ccccc4C(F)(F)F)C3)[C@H](C)[C@H]12. The molecule has 3 aliphatic rings. The molecule has 1 aromatic carbocycles. The molecule has 0 radical (unpaired) electrons. The van der Waals surface area contributed by atoms with Gasteiger partial charge in [-0.15, -0.1) is 11.8 Å². The zero-order valence-corrected chi connectivity index (χ0v) is 21.7. The second kappa shape index (κ2) is 9.95. The van der Waals surface area contributed by atoms with E-state index in [1.807, 2.05) is 6.92 Å². The minimum Gasteiger partial charge on any atom is -0.477 e. The highest BCUT2D eigenvalue weighted by molar-refractivity contribution is 8.03. The molecule has 0 aromatic heterocycles. The molecule has 6 atom stereocenters. The van der Waals surface area contributed by atoms with E-state index in [-0.39, 0.29) is 41.4 Å². The molecule has 8 nitrogen and oxygen atoms in total. The number of likely N-dealkylation sites (N-methyl/N-ethyl adjacent to an activating group) is 1. The molecular formula is C25H30F3N3O5S. The number of halogens is 3. The Morgan fingerprint density at radius 2 is 1.89 bits per heavy atom. The van der Waals surface area contributed by atoms with Gasteiger partial charge in [-0.25, -0.2) is 4.79 Å². The number of likely N-dealkylation sites (tertiary alicyclic amines) is 1. The molecule has 2 fully saturated rings. The zero-order chi connectivity index (χ0) is 27.4. The van der Waals surface area contributed by atoms with Gasteiger partial charge in [0.05, 0.1) is 29.7 Å². The van der Waals surface area contributed by atoms with Gasteiger partial charge < -0.3 is 20.0 Å². The standard InChI is InChI=1S/C25H30F3N3O5S/c1-12-19-18(13(2)32)23(34)31(19)20(24(35)36)21(12)37-15-9-17(22(33)29(3)4)30(11-15)10-14-7-5-6-8-16(14)25(26,27)28/h5-8,12-13,15,17-19,32H,9-11H2,1-4H3,(H,35,36)/t12-,13-,15+,17+,18-,19-/m1/s1. The molecule has 2 amide bonds. The van der Waals surface area contributed by atoms with Crippen LogP contribution in [0.3, 0.4) is 0 Å². The van der Waals surface area contributed by atoms with E-state index in [0.717, 1.165) is 6.07 Å². The highest BCUT2D eigenvalue weighted by Gasteiger charge is 2.60. The molecule has 2 N–H and O–H groups in total. The number of amides is 2. The average Bonchev–Trinajstić information content (AvgIpc) is 3.29. The number of rotatable bonds is 7. The summed E-state index contributed by atoms with van der Waals surface area (Å²) in [5.74, 6) is -2.95. The fourth-order valence-corrected chi connectivity index (χ4v) is 7.24. The molecule has 3 aliphatic heterocycles. The van der Waals surface area contributed by atoms with Gasteiger partial charge in [0, 0.05) is 43.3 Å². The lowest BCUT2D eigenvalue weighted by Crippen LogP contribution is -2.63. The normalized spacial score (nSPS) is 28.8. The monoisotopic (exact) mass is 541 g/mol. The zero-order valence-electron chi connectivity index (χ0n) is 20.9. The molecule has 2 saturated heterocycles. The summed E-state index contributed by atoms with van der Waals surface area (Å²) in [4.78, 5) is 42.6. The fourth-order valence-electron chi connectivity index (χ4n) is 5.69. The van der Waals surface area contributed by atoms with Crippen LogP contribution in [0.25, 0.3) is 0 Å². The third-order valence-corrected chi connectivity index (χ3v) is 8.89. The first-order chi connectivity index (χ1) is 17.2. The smallest absolute Gasteiger partial charge is 0.416 e. The summed E-state index contributed by atoms with van der Waals surface area (Å²) >= 11 is 1.27. The van der Waals surface area contributed by atoms with Crippen molar-refractivity contribution in [2.45, 2.75) is 56.4 Å². The molecule has 12 heteroatoms. The predicted octanol–water partition coefficient (Wildman–Crippen LogP) is 2.62. The number of carboxylic acid groups (broad SMARTS) is 1. The van der Waals surface area contributed by atoms with Gasteiger partial charge >= 0.3 is 12.1 Å². The number of carboxylic acids is 1. The van der Waals surface area contributed by atoms with Crippen molar-refractivity contribution in [1.82, 2.24) is 14.7 Å². The highest BCUT2D eigenvalue weighted by Crippen LogP contribution is 2.52. The Hall–Kier alpha value is -2.57. The van der Waals surface area contributed by atoms with E-state index in [1.165, 1.54) is 46.7 Å². The summed E-state index contributed by atoms with van der Waals surface area (Å²) in [6, 6.07) is 4.13. The third kappa shape index (κ3) is 4.86. The second-order valence-electron chi connectivity index (χ2n) is 10.1. The maximum atomic E-state index is 13.6. The Labute approximate surface area is 217 Å². The van der Waals surface area contributed by atoms with Crippen molar-refractivity contribution in [1.29, 1.82) is 0 Å². The van der Waals surface area contributed by atoms with Gasteiger partial charge in [-0.3, -0.25) is 14.5 Å². The number of fused-ring (bicyclic) bond motifs is 1. The number of aliphatic carboxylic acids is 1. The molecule has 0 unspecified atom stereocenters. The van der Waals surface area contributed by atoms with Crippen molar-refractivity contribution in [3.8, 4) is 0 Å². The summed E-state index contributed by atoms with van der Waals surface area (Å²) in [5.41, 5.74) is -0.804. The van der Waals surface area contributed by atoms with Crippen LogP contribution >= 0.6 is 11.8 Å². The van der Waals surface area contributed by atoms with Crippen LogP contribution in [0.2, 0.25) is 0 Å². The molecule has 3 heterocycles. The number of alkyl halides is 3. The van der Waals surface area contributed by atoms with Gasteiger partial charge in [-0.2, -0.15) is 13.2 Å². The van der Waals surface area contributed by atoms with Crippen LogP contribution in [-0.4, -0.2) is 86.8 Å². The molecule has 0 saturated carbocycles. The van der Waals surface area contributed by atoms with Crippen LogP contribution in [0.5, 0.6) is 0 Å². The number of carbonyl (C=O) groups is 3. The van der Waals surface area contributed by atoms with E-state index in [1.54, 1.807) is 19.0 Å². The molecule has 1 aromatic rings. The number of β-lactam (4-membered cyclic amide) rings is 1. The van der Waals surface area contributed by atoms with Gasteiger partial charge in [0.2, 0.25) is 11.8 Å². The Morgan fingerprint density at radius 3 is 2.46 bits per heavy atom. The summed E-state index contributed by atoms with van der Waals surface area (Å²) in [6.45, 7) is 3.49. The summed E-state index contributed by atoms with van der Waals surface area (Å²) < 4.78 is 40.8. The van der Waals surface area contributed by atoms with Crippen molar-refractivity contribution in [3.05, 3.63) is 46.0 Å². The molecule has 202 valence electrons. The maximum absolute atomic E-state index is 13.6. The third-order valence-electron chi connectivity index (χ3n) is 7.39. The van der Waals surface area contributed by atoms with E-state index in [4.69, 9.17) is 0 Å². The van der Waals surface area contributed by atoms with Gasteiger partial charge in [0.15, 0.2) is 0 Å². The van der Waals surface area contributed by atoms with Gasteiger partial charge in [-0.05, 0) is 25.0 Å². The van der Waals surface area contributed by atoms with Crippen LogP contribution in [-0.2, 0) is 27.1 Å². The number of aliphatic hydroxyl groups is 1. The topological polar surface area (TPSA) is 101 Å². The Bertz CT molecular complexity index is 1140. The lowest BCUT2D eigenvalue weighted by molar-refractivity contribution is -0.163. The Kier molecular flexibility index (Phi) is 7.39. The molecule has 4 rings (SSSR count). The number of nitrogens with zero attached hydrogens (tertiary/aromatic N) is 3. The number of aliphatic hydroxyl groups excluding tert-OH is 1.